The van der Waals surface area contributed by atoms with Crippen LogP contribution in [0, 0.1) is 11.3 Å². The summed E-state index contributed by atoms with van der Waals surface area (Å²) in [6, 6.07) is 0.730. The molecule has 0 aromatic carbocycles. The fourth-order valence-electron chi connectivity index (χ4n) is 3.93. The van der Waals surface area contributed by atoms with Crippen molar-refractivity contribution in [3.05, 3.63) is 0 Å². The first-order valence-electron chi connectivity index (χ1n) is 6.38. The van der Waals surface area contributed by atoms with Crippen LogP contribution in [0.15, 0.2) is 0 Å². The van der Waals surface area contributed by atoms with Gasteiger partial charge in [0.05, 0.1) is 13.2 Å². The molecule has 1 N–H and O–H groups in total. The van der Waals surface area contributed by atoms with E-state index in [2.05, 4.69) is 17.1 Å². The molecule has 0 aromatic heterocycles. The minimum Gasteiger partial charge on any atom is -0.379 e. The van der Waals surface area contributed by atoms with Crippen LogP contribution in [0.4, 0.5) is 0 Å². The third-order valence-electron chi connectivity index (χ3n) is 4.83. The zero-order valence-electron chi connectivity index (χ0n) is 9.67. The third-order valence-corrected chi connectivity index (χ3v) is 4.83. The van der Waals surface area contributed by atoms with Crippen molar-refractivity contribution in [2.24, 2.45) is 11.3 Å². The first-order chi connectivity index (χ1) is 7.36. The van der Waals surface area contributed by atoms with Gasteiger partial charge in [0.1, 0.15) is 0 Å². The minimum atomic E-state index is 0.586. The Morgan fingerprint density at radius 3 is 2.87 bits per heavy atom. The van der Waals surface area contributed by atoms with Crippen molar-refractivity contribution >= 4 is 0 Å². The molecule has 3 fully saturated rings. The van der Waals surface area contributed by atoms with Gasteiger partial charge in [0.15, 0.2) is 0 Å². The molecule has 0 radical (unpaired) electrons. The molecule has 3 heterocycles. The summed E-state index contributed by atoms with van der Waals surface area (Å²) in [5, 5.41) is 3.49. The molecule has 3 saturated heterocycles. The lowest BCUT2D eigenvalue weighted by atomic mass is 9.70. The van der Waals surface area contributed by atoms with E-state index >= 15 is 0 Å². The van der Waals surface area contributed by atoms with Crippen molar-refractivity contribution in [2.45, 2.75) is 25.8 Å². The highest BCUT2D eigenvalue weighted by Gasteiger charge is 2.54. The molecule has 0 bridgehead atoms. The van der Waals surface area contributed by atoms with Crippen molar-refractivity contribution in [2.75, 3.05) is 39.4 Å². The van der Waals surface area contributed by atoms with Gasteiger partial charge in [-0.2, -0.15) is 0 Å². The lowest BCUT2D eigenvalue weighted by Gasteiger charge is -2.37. The average Bonchev–Trinajstić information content (AvgIpc) is 2.84. The second-order valence-electron chi connectivity index (χ2n) is 5.39. The van der Waals surface area contributed by atoms with Gasteiger partial charge in [0.25, 0.3) is 0 Å². The Balaban J connectivity index is 1.83. The van der Waals surface area contributed by atoms with Crippen molar-refractivity contribution < 1.29 is 4.74 Å². The molecule has 2 atom stereocenters. The summed E-state index contributed by atoms with van der Waals surface area (Å²) in [5.74, 6) is 0.819. The number of hydrogen-bond acceptors (Lipinski definition) is 3. The summed E-state index contributed by atoms with van der Waals surface area (Å²) in [6.07, 6.45) is 2.71. The molecule has 3 heteroatoms. The Hall–Kier alpha value is -0.120. The average molecular weight is 210 g/mol. The molecule has 1 spiro atoms. The van der Waals surface area contributed by atoms with Gasteiger partial charge in [0, 0.05) is 18.5 Å². The van der Waals surface area contributed by atoms with Crippen molar-refractivity contribution in [1.82, 2.24) is 10.2 Å². The predicted molar refractivity (Wildman–Crippen MR) is 59.9 cm³/mol. The van der Waals surface area contributed by atoms with Crippen LogP contribution < -0.4 is 5.32 Å². The van der Waals surface area contributed by atoms with Gasteiger partial charge in [-0.1, -0.05) is 6.92 Å². The van der Waals surface area contributed by atoms with Gasteiger partial charge in [-0.25, -0.2) is 0 Å². The normalized spacial score (nSPS) is 39.8. The highest BCUT2D eigenvalue weighted by molar-refractivity contribution is 5.05. The molecule has 0 aliphatic carbocycles. The molecule has 15 heavy (non-hydrogen) atoms. The Labute approximate surface area is 92.2 Å². The molecule has 0 amide bonds. The monoisotopic (exact) mass is 210 g/mol. The number of piperidine rings is 1. The molecule has 0 saturated carbocycles. The van der Waals surface area contributed by atoms with Crippen molar-refractivity contribution in [3.63, 3.8) is 0 Å². The Morgan fingerprint density at radius 1 is 1.33 bits per heavy atom. The molecule has 3 nitrogen and oxygen atoms in total. The number of nitrogens with zero attached hydrogens (tertiary/aromatic N) is 1. The standard InChI is InChI=1S/C12H22N2O/c1-2-14-9-12(3-5-13-6-4-12)10-7-15-8-11(10)14/h10-11,13H,2-9H2,1H3/t10-,11+/m1/s1. The Bertz CT molecular complexity index is 238. The lowest BCUT2D eigenvalue weighted by molar-refractivity contribution is 0.0875. The molecule has 86 valence electrons. The topological polar surface area (TPSA) is 24.5 Å². The Kier molecular flexibility index (Phi) is 2.49. The first kappa shape index (κ1) is 10.1. The number of nitrogens with one attached hydrogen (secondary N) is 1. The predicted octanol–water partition coefficient (Wildman–Crippen LogP) is 0.707. The molecular formula is C12H22N2O. The van der Waals surface area contributed by atoms with Crippen LogP contribution in [-0.4, -0.2) is 50.3 Å². The summed E-state index contributed by atoms with van der Waals surface area (Å²) in [7, 11) is 0. The fourth-order valence-corrected chi connectivity index (χ4v) is 3.93. The van der Waals surface area contributed by atoms with Crippen LogP contribution in [0.5, 0.6) is 0 Å². The zero-order chi connectivity index (χ0) is 10.3. The molecule has 3 aliphatic rings. The summed E-state index contributed by atoms with van der Waals surface area (Å²) in [5.41, 5.74) is 0.586. The van der Waals surface area contributed by atoms with Gasteiger partial charge >= 0.3 is 0 Å². The van der Waals surface area contributed by atoms with Crippen LogP contribution in [-0.2, 0) is 4.74 Å². The maximum absolute atomic E-state index is 5.71. The molecule has 0 aromatic rings. The quantitative estimate of drug-likeness (QED) is 0.690. The van der Waals surface area contributed by atoms with Gasteiger partial charge < -0.3 is 10.1 Å². The van der Waals surface area contributed by atoms with E-state index in [0.29, 0.717) is 5.41 Å². The van der Waals surface area contributed by atoms with Crippen LogP contribution in [0.25, 0.3) is 0 Å². The van der Waals surface area contributed by atoms with Gasteiger partial charge in [-0.05, 0) is 37.9 Å². The van der Waals surface area contributed by atoms with Crippen LogP contribution in [0.2, 0.25) is 0 Å². The van der Waals surface area contributed by atoms with E-state index in [9.17, 15) is 0 Å². The van der Waals surface area contributed by atoms with Crippen LogP contribution >= 0.6 is 0 Å². The minimum absolute atomic E-state index is 0.586. The first-order valence-corrected chi connectivity index (χ1v) is 6.38. The molecule has 3 rings (SSSR count). The summed E-state index contributed by atoms with van der Waals surface area (Å²) in [6.45, 7) is 9.22. The van der Waals surface area contributed by atoms with E-state index in [0.717, 1.165) is 25.2 Å². The van der Waals surface area contributed by atoms with Gasteiger partial charge in [0.2, 0.25) is 0 Å². The zero-order valence-corrected chi connectivity index (χ0v) is 9.67. The molecule has 0 unspecified atom stereocenters. The smallest absolute Gasteiger partial charge is 0.0625 e. The second-order valence-corrected chi connectivity index (χ2v) is 5.39. The van der Waals surface area contributed by atoms with Gasteiger partial charge in [-0.15, -0.1) is 0 Å². The molecule has 3 aliphatic heterocycles. The number of fused-ring (bicyclic) bond motifs is 2. The van der Waals surface area contributed by atoms with E-state index in [4.69, 9.17) is 4.74 Å². The number of likely N-dealkylation sites (N-methyl/N-ethyl adjacent to an activating group) is 1. The maximum atomic E-state index is 5.71. The number of rotatable bonds is 1. The van der Waals surface area contributed by atoms with E-state index < -0.39 is 0 Å². The second kappa shape index (κ2) is 3.72. The van der Waals surface area contributed by atoms with Crippen LogP contribution in [0.1, 0.15) is 19.8 Å². The van der Waals surface area contributed by atoms with E-state index in [1.54, 1.807) is 0 Å². The summed E-state index contributed by atoms with van der Waals surface area (Å²) >= 11 is 0. The number of likely N-dealkylation sites (tertiary alicyclic amines) is 1. The number of hydrogen-bond donors (Lipinski definition) is 1. The SMILES string of the molecule is CCN1CC2(CCNCC2)[C@@H]2COC[C@@H]21. The molecular weight excluding hydrogens is 188 g/mol. The van der Waals surface area contributed by atoms with Crippen molar-refractivity contribution in [1.29, 1.82) is 0 Å². The van der Waals surface area contributed by atoms with E-state index in [1.165, 1.54) is 39.0 Å². The lowest BCUT2D eigenvalue weighted by Crippen LogP contribution is -2.42. The highest BCUT2D eigenvalue weighted by atomic mass is 16.5. The van der Waals surface area contributed by atoms with E-state index in [-0.39, 0.29) is 0 Å². The maximum Gasteiger partial charge on any atom is 0.0625 e. The Morgan fingerprint density at radius 2 is 2.13 bits per heavy atom. The van der Waals surface area contributed by atoms with Crippen molar-refractivity contribution in [3.8, 4) is 0 Å². The third kappa shape index (κ3) is 1.44. The van der Waals surface area contributed by atoms with Crippen LogP contribution in [0.3, 0.4) is 0 Å². The highest BCUT2D eigenvalue weighted by Crippen LogP contribution is 2.48. The largest absolute Gasteiger partial charge is 0.379 e. The fraction of sp³-hybridized carbons (Fsp3) is 1.00. The number of ether oxygens (including phenoxy) is 1. The van der Waals surface area contributed by atoms with E-state index in [1.807, 2.05) is 0 Å². The summed E-state index contributed by atoms with van der Waals surface area (Å²) < 4.78 is 5.71. The van der Waals surface area contributed by atoms with Gasteiger partial charge in [-0.3, -0.25) is 4.90 Å². The summed E-state index contributed by atoms with van der Waals surface area (Å²) in [4.78, 5) is 2.66.